The number of nitrogens with one attached hydrogen (secondary N) is 2. The van der Waals surface area contributed by atoms with Gasteiger partial charge in [0.25, 0.3) is 5.91 Å². The minimum Gasteiger partial charge on any atom is -0.492 e. The summed E-state index contributed by atoms with van der Waals surface area (Å²) >= 11 is 0. The predicted octanol–water partition coefficient (Wildman–Crippen LogP) is 1.18. The van der Waals surface area contributed by atoms with Gasteiger partial charge in [-0.2, -0.15) is 0 Å². The Balaban J connectivity index is 1.81. The molecule has 20 heavy (non-hydrogen) atoms. The fraction of sp³-hybridized carbons (Fsp3) is 0.143. The van der Waals surface area contributed by atoms with Crippen LogP contribution in [0.1, 0.15) is 10.4 Å². The molecule has 1 aromatic carbocycles. The van der Waals surface area contributed by atoms with Crippen LogP contribution in [0.25, 0.3) is 0 Å². The van der Waals surface area contributed by atoms with Gasteiger partial charge in [0, 0.05) is 12.4 Å². The number of ether oxygens (including phenoxy) is 1. The highest BCUT2D eigenvalue weighted by molar-refractivity contribution is 5.99. The molecule has 0 saturated carbocycles. The number of pyridine rings is 1. The summed E-state index contributed by atoms with van der Waals surface area (Å²) in [5.74, 6) is 5.86. The van der Waals surface area contributed by atoms with Gasteiger partial charge < -0.3 is 15.5 Å². The number of amides is 1. The average Bonchev–Trinajstić information content (AvgIpc) is 2.52. The van der Waals surface area contributed by atoms with E-state index in [0.717, 1.165) is 5.75 Å². The molecule has 0 atom stereocenters. The molecule has 6 nitrogen and oxygen atoms in total. The first-order valence-electron chi connectivity index (χ1n) is 6.18. The molecule has 0 aliphatic rings. The Hall–Kier alpha value is -2.60. The summed E-state index contributed by atoms with van der Waals surface area (Å²) in [7, 11) is 0. The minimum absolute atomic E-state index is 0.247. The predicted molar refractivity (Wildman–Crippen MR) is 76.3 cm³/mol. The maximum atomic E-state index is 11.9. The van der Waals surface area contributed by atoms with Crippen LogP contribution in [0.4, 0.5) is 5.69 Å². The number of carbonyl (C=O) groups is 1. The maximum absolute atomic E-state index is 11.9. The molecular weight excluding hydrogens is 256 g/mol. The number of nitrogens with zero attached hydrogens (tertiary/aromatic N) is 1. The SMILES string of the molecule is NNc1ccncc1C(=O)NCCOc1ccccc1. The van der Waals surface area contributed by atoms with Crippen LogP contribution in [0.15, 0.2) is 48.8 Å². The molecule has 0 spiro atoms. The van der Waals surface area contributed by atoms with Crippen molar-refractivity contribution in [2.24, 2.45) is 5.84 Å². The van der Waals surface area contributed by atoms with E-state index in [1.165, 1.54) is 6.20 Å². The minimum atomic E-state index is -0.247. The van der Waals surface area contributed by atoms with Crippen molar-refractivity contribution >= 4 is 11.6 Å². The molecule has 1 heterocycles. The van der Waals surface area contributed by atoms with Gasteiger partial charge in [0.05, 0.1) is 17.8 Å². The third-order valence-corrected chi connectivity index (χ3v) is 2.62. The molecule has 4 N–H and O–H groups in total. The van der Waals surface area contributed by atoms with E-state index in [-0.39, 0.29) is 5.91 Å². The topological polar surface area (TPSA) is 89.3 Å². The number of nitrogen functional groups attached to an aromatic ring is 1. The van der Waals surface area contributed by atoms with Crippen molar-refractivity contribution < 1.29 is 9.53 Å². The maximum Gasteiger partial charge on any atom is 0.255 e. The Morgan fingerprint density at radius 2 is 2.05 bits per heavy atom. The van der Waals surface area contributed by atoms with Crippen molar-refractivity contribution in [1.29, 1.82) is 0 Å². The Kier molecular flexibility index (Phi) is 4.91. The van der Waals surface area contributed by atoms with Crippen LogP contribution in [0.2, 0.25) is 0 Å². The number of rotatable bonds is 6. The van der Waals surface area contributed by atoms with Crippen LogP contribution in [-0.2, 0) is 0 Å². The normalized spacial score (nSPS) is 9.85. The fourth-order valence-electron chi connectivity index (χ4n) is 1.65. The van der Waals surface area contributed by atoms with E-state index in [1.54, 1.807) is 12.3 Å². The molecule has 1 amide bonds. The van der Waals surface area contributed by atoms with Crippen LogP contribution >= 0.6 is 0 Å². The monoisotopic (exact) mass is 272 g/mol. The number of anilines is 1. The van der Waals surface area contributed by atoms with Gasteiger partial charge in [0.15, 0.2) is 0 Å². The first-order chi connectivity index (χ1) is 9.81. The van der Waals surface area contributed by atoms with Gasteiger partial charge in [-0.05, 0) is 18.2 Å². The molecule has 2 rings (SSSR count). The van der Waals surface area contributed by atoms with Gasteiger partial charge in [-0.1, -0.05) is 18.2 Å². The number of para-hydroxylation sites is 1. The molecule has 0 radical (unpaired) electrons. The van der Waals surface area contributed by atoms with E-state index in [4.69, 9.17) is 10.6 Å². The van der Waals surface area contributed by atoms with Crippen molar-refractivity contribution in [2.45, 2.75) is 0 Å². The summed E-state index contributed by atoms with van der Waals surface area (Å²) < 4.78 is 5.48. The summed E-state index contributed by atoms with van der Waals surface area (Å²) in [4.78, 5) is 15.8. The van der Waals surface area contributed by atoms with Crippen molar-refractivity contribution in [3.63, 3.8) is 0 Å². The van der Waals surface area contributed by atoms with E-state index in [0.29, 0.717) is 24.4 Å². The second-order valence-corrected chi connectivity index (χ2v) is 3.98. The lowest BCUT2D eigenvalue weighted by Crippen LogP contribution is -2.29. The molecule has 0 saturated heterocycles. The molecule has 0 fully saturated rings. The lowest BCUT2D eigenvalue weighted by Gasteiger charge is -2.09. The standard InChI is InChI=1S/C14H16N4O2/c15-18-13-6-7-16-10-12(13)14(19)17-8-9-20-11-4-2-1-3-5-11/h1-7,10H,8-9,15H2,(H,16,18)(H,17,19). The van der Waals surface area contributed by atoms with Gasteiger partial charge >= 0.3 is 0 Å². The first-order valence-corrected chi connectivity index (χ1v) is 6.18. The molecule has 0 aliphatic carbocycles. The highest BCUT2D eigenvalue weighted by atomic mass is 16.5. The zero-order valence-electron chi connectivity index (χ0n) is 10.9. The lowest BCUT2D eigenvalue weighted by molar-refractivity contribution is 0.0947. The highest BCUT2D eigenvalue weighted by Crippen LogP contribution is 2.11. The number of aromatic nitrogens is 1. The molecule has 104 valence electrons. The number of benzene rings is 1. The Labute approximate surface area is 116 Å². The lowest BCUT2D eigenvalue weighted by atomic mass is 10.2. The Bertz CT molecular complexity index is 560. The third kappa shape index (κ3) is 3.69. The molecular formula is C14H16N4O2. The average molecular weight is 272 g/mol. The number of nitrogens with two attached hydrogens (primary N) is 1. The number of carbonyl (C=O) groups excluding carboxylic acids is 1. The molecule has 1 aromatic heterocycles. The highest BCUT2D eigenvalue weighted by Gasteiger charge is 2.09. The first kappa shape index (κ1) is 13.8. The summed E-state index contributed by atoms with van der Waals surface area (Å²) in [6.07, 6.45) is 3.02. The van der Waals surface area contributed by atoms with Crippen molar-refractivity contribution in [1.82, 2.24) is 10.3 Å². The fourth-order valence-corrected chi connectivity index (χ4v) is 1.65. The molecule has 0 aliphatic heterocycles. The summed E-state index contributed by atoms with van der Waals surface area (Å²) in [6, 6.07) is 11.1. The largest absolute Gasteiger partial charge is 0.492 e. The van der Waals surface area contributed by atoms with E-state index < -0.39 is 0 Å². The van der Waals surface area contributed by atoms with Crippen LogP contribution in [0.3, 0.4) is 0 Å². The van der Waals surface area contributed by atoms with Gasteiger partial charge in [-0.3, -0.25) is 15.6 Å². The summed E-state index contributed by atoms with van der Waals surface area (Å²) in [5.41, 5.74) is 3.39. The number of hydrogen-bond donors (Lipinski definition) is 3. The van der Waals surface area contributed by atoms with Gasteiger partial charge in [-0.15, -0.1) is 0 Å². The number of hydrazine groups is 1. The van der Waals surface area contributed by atoms with E-state index in [2.05, 4.69) is 15.7 Å². The Morgan fingerprint density at radius 3 is 2.80 bits per heavy atom. The quantitative estimate of drug-likeness (QED) is 0.417. The van der Waals surface area contributed by atoms with Crippen molar-refractivity contribution in [3.05, 3.63) is 54.4 Å². The second-order valence-electron chi connectivity index (χ2n) is 3.98. The van der Waals surface area contributed by atoms with E-state index >= 15 is 0 Å². The zero-order chi connectivity index (χ0) is 14.2. The van der Waals surface area contributed by atoms with Crippen molar-refractivity contribution in [3.8, 4) is 5.75 Å². The molecule has 2 aromatic rings. The molecule has 0 bridgehead atoms. The zero-order valence-corrected chi connectivity index (χ0v) is 10.9. The molecule has 6 heteroatoms. The van der Waals surface area contributed by atoms with Crippen LogP contribution < -0.4 is 21.3 Å². The number of hydrogen-bond acceptors (Lipinski definition) is 5. The van der Waals surface area contributed by atoms with Gasteiger partial charge in [0.1, 0.15) is 12.4 Å². The van der Waals surface area contributed by atoms with Gasteiger partial charge in [0.2, 0.25) is 0 Å². The van der Waals surface area contributed by atoms with Crippen LogP contribution in [0, 0.1) is 0 Å². The third-order valence-electron chi connectivity index (χ3n) is 2.62. The van der Waals surface area contributed by atoms with E-state index in [1.807, 2.05) is 30.3 Å². The second kappa shape index (κ2) is 7.10. The summed E-state index contributed by atoms with van der Waals surface area (Å²) in [5, 5.41) is 2.74. The van der Waals surface area contributed by atoms with Crippen LogP contribution in [-0.4, -0.2) is 24.0 Å². The smallest absolute Gasteiger partial charge is 0.255 e. The van der Waals surface area contributed by atoms with Crippen LogP contribution in [0.5, 0.6) is 5.75 Å². The van der Waals surface area contributed by atoms with E-state index in [9.17, 15) is 4.79 Å². The molecule has 0 unspecified atom stereocenters. The van der Waals surface area contributed by atoms with Gasteiger partial charge in [-0.25, -0.2) is 0 Å². The Morgan fingerprint density at radius 1 is 1.25 bits per heavy atom. The summed E-state index contributed by atoms with van der Waals surface area (Å²) in [6.45, 7) is 0.786. The van der Waals surface area contributed by atoms with Crippen molar-refractivity contribution in [2.75, 3.05) is 18.6 Å².